The molecule has 2 aliphatic rings. The molecule has 0 unspecified atom stereocenters. The molecule has 0 N–H and O–H groups in total. The molecular weight excluding hydrogens is 220 g/mol. The van der Waals surface area contributed by atoms with Crippen molar-refractivity contribution in [1.82, 2.24) is 4.90 Å². The number of allylic oxidation sites excluding steroid dienone is 3. The fourth-order valence-corrected chi connectivity index (χ4v) is 2.86. The Bertz CT molecular complexity index is 556. The average Bonchev–Trinajstić information content (AvgIpc) is 2.70. The number of nitrogens with zero attached hydrogens (tertiary/aromatic N) is 2. The minimum atomic E-state index is 0.904. The summed E-state index contributed by atoms with van der Waals surface area (Å²) in [6.45, 7) is 7.44. The number of hydrogen-bond acceptors (Lipinski definition) is 2. The van der Waals surface area contributed by atoms with Gasteiger partial charge in [-0.2, -0.15) is 0 Å². The fourth-order valence-electron chi connectivity index (χ4n) is 2.86. The Morgan fingerprint density at radius 3 is 2.33 bits per heavy atom. The van der Waals surface area contributed by atoms with Crippen LogP contribution in [0.15, 0.2) is 48.5 Å². The molecule has 0 aromatic heterocycles. The maximum atomic E-state index is 2.33. The van der Waals surface area contributed by atoms with Gasteiger partial charge in [-0.3, -0.25) is 0 Å². The van der Waals surface area contributed by atoms with Gasteiger partial charge in [-0.05, 0) is 44.1 Å². The topological polar surface area (TPSA) is 6.48 Å². The van der Waals surface area contributed by atoms with Crippen molar-refractivity contribution in [3.05, 3.63) is 65.1 Å². The summed E-state index contributed by atoms with van der Waals surface area (Å²) in [5.41, 5.74) is 6.62. The van der Waals surface area contributed by atoms with E-state index in [1.54, 1.807) is 0 Å². The van der Waals surface area contributed by atoms with Gasteiger partial charge in [0, 0.05) is 18.1 Å². The van der Waals surface area contributed by atoms with Crippen molar-refractivity contribution in [2.45, 2.75) is 20.8 Å². The summed E-state index contributed by atoms with van der Waals surface area (Å²) < 4.78 is 0. The monoisotopic (exact) mass is 238 g/mol. The molecule has 2 nitrogen and oxygen atoms in total. The van der Waals surface area contributed by atoms with Crippen LogP contribution in [-0.2, 0) is 0 Å². The van der Waals surface area contributed by atoms with Gasteiger partial charge in [0.05, 0.1) is 12.4 Å². The highest BCUT2D eigenvalue weighted by Crippen LogP contribution is 2.31. The second kappa shape index (κ2) is 4.05. The van der Waals surface area contributed by atoms with Crippen LogP contribution in [0.5, 0.6) is 0 Å². The fraction of sp³-hybridized carbons (Fsp3) is 0.250. The summed E-state index contributed by atoms with van der Waals surface area (Å²) in [5.74, 6) is 0. The Morgan fingerprint density at radius 2 is 1.67 bits per heavy atom. The summed E-state index contributed by atoms with van der Waals surface area (Å²) in [6, 6.07) is 4.51. The second-order valence-electron chi connectivity index (χ2n) is 5.08. The lowest BCUT2D eigenvalue weighted by Gasteiger charge is -2.24. The van der Waals surface area contributed by atoms with E-state index in [9.17, 15) is 0 Å². The molecule has 0 radical (unpaired) electrons. The molecule has 3 rings (SSSR count). The maximum absolute atomic E-state index is 2.33. The van der Waals surface area contributed by atoms with E-state index in [0.717, 1.165) is 6.67 Å². The van der Waals surface area contributed by atoms with Gasteiger partial charge in [-0.1, -0.05) is 23.8 Å². The van der Waals surface area contributed by atoms with E-state index in [4.69, 9.17) is 0 Å². The lowest BCUT2D eigenvalue weighted by atomic mass is 10.0. The molecule has 0 spiro atoms. The third-order valence-corrected chi connectivity index (χ3v) is 3.49. The third kappa shape index (κ3) is 1.74. The molecule has 18 heavy (non-hydrogen) atoms. The van der Waals surface area contributed by atoms with E-state index in [1.807, 2.05) is 0 Å². The Morgan fingerprint density at radius 1 is 0.944 bits per heavy atom. The largest absolute Gasteiger partial charge is 0.328 e. The van der Waals surface area contributed by atoms with Crippen LogP contribution in [0.2, 0.25) is 0 Å². The van der Waals surface area contributed by atoms with Gasteiger partial charge >= 0.3 is 0 Å². The first kappa shape index (κ1) is 11.1. The SMILES string of the molecule is Cc1cc(C)c(N2C=C3C=CC=CN3C2)c(C)c1. The van der Waals surface area contributed by atoms with Crippen LogP contribution >= 0.6 is 0 Å². The predicted octanol–water partition coefficient (Wildman–Crippen LogP) is 3.62. The first-order chi connectivity index (χ1) is 8.65. The molecule has 1 aromatic carbocycles. The van der Waals surface area contributed by atoms with E-state index < -0.39 is 0 Å². The van der Waals surface area contributed by atoms with Gasteiger partial charge in [0.15, 0.2) is 0 Å². The highest BCUT2D eigenvalue weighted by molar-refractivity contribution is 5.63. The van der Waals surface area contributed by atoms with Crippen molar-refractivity contribution in [3.63, 3.8) is 0 Å². The third-order valence-electron chi connectivity index (χ3n) is 3.49. The lowest BCUT2D eigenvalue weighted by molar-refractivity contribution is 0.519. The number of rotatable bonds is 1. The zero-order chi connectivity index (χ0) is 12.7. The predicted molar refractivity (Wildman–Crippen MR) is 76.2 cm³/mol. The number of benzene rings is 1. The molecule has 0 bridgehead atoms. The van der Waals surface area contributed by atoms with Crippen molar-refractivity contribution in [1.29, 1.82) is 0 Å². The first-order valence-electron chi connectivity index (χ1n) is 6.33. The van der Waals surface area contributed by atoms with Crippen LogP contribution in [0.25, 0.3) is 0 Å². The molecule has 0 atom stereocenters. The summed E-state index contributed by atoms with van der Waals surface area (Å²) in [4.78, 5) is 4.60. The van der Waals surface area contributed by atoms with Crippen LogP contribution in [0.1, 0.15) is 16.7 Å². The Balaban J connectivity index is 2.01. The summed E-state index contributed by atoms with van der Waals surface area (Å²) in [6.07, 6.45) is 10.7. The molecule has 0 saturated carbocycles. The van der Waals surface area contributed by atoms with Crippen molar-refractivity contribution in [3.8, 4) is 0 Å². The van der Waals surface area contributed by atoms with Crippen molar-refractivity contribution < 1.29 is 0 Å². The molecule has 92 valence electrons. The van der Waals surface area contributed by atoms with E-state index >= 15 is 0 Å². The molecule has 0 aliphatic carbocycles. The number of anilines is 1. The lowest BCUT2D eigenvalue weighted by Crippen LogP contribution is -2.24. The standard InChI is InChI=1S/C16H18N2/c1-12-8-13(2)16(14(3)9-12)18-10-15-6-4-5-7-17(15)11-18/h4-10H,11H2,1-3H3. The normalized spacial score (nSPS) is 17.2. The van der Waals surface area contributed by atoms with Crippen LogP contribution in [0.3, 0.4) is 0 Å². The van der Waals surface area contributed by atoms with Crippen LogP contribution < -0.4 is 4.90 Å². The maximum Gasteiger partial charge on any atom is 0.0989 e. The van der Waals surface area contributed by atoms with E-state index in [1.165, 1.54) is 28.1 Å². The van der Waals surface area contributed by atoms with Gasteiger partial charge in [0.25, 0.3) is 0 Å². The van der Waals surface area contributed by atoms with Crippen molar-refractivity contribution in [2.75, 3.05) is 11.6 Å². The highest BCUT2D eigenvalue weighted by atomic mass is 15.4. The smallest absolute Gasteiger partial charge is 0.0989 e. The summed E-state index contributed by atoms with van der Waals surface area (Å²) in [7, 11) is 0. The van der Waals surface area contributed by atoms with Gasteiger partial charge in [0.2, 0.25) is 0 Å². The van der Waals surface area contributed by atoms with E-state index in [2.05, 4.69) is 73.3 Å². The molecular formula is C16H18N2. The highest BCUT2D eigenvalue weighted by Gasteiger charge is 2.21. The molecule has 1 aromatic rings. The number of hydrogen-bond donors (Lipinski definition) is 0. The van der Waals surface area contributed by atoms with E-state index in [0.29, 0.717) is 0 Å². The number of aryl methyl sites for hydroxylation is 3. The van der Waals surface area contributed by atoms with E-state index in [-0.39, 0.29) is 0 Å². The number of fused-ring (bicyclic) bond motifs is 1. The Labute approximate surface area is 109 Å². The summed E-state index contributed by atoms with van der Waals surface area (Å²) in [5, 5.41) is 0. The average molecular weight is 238 g/mol. The molecule has 0 fully saturated rings. The first-order valence-corrected chi connectivity index (χ1v) is 6.33. The zero-order valence-corrected chi connectivity index (χ0v) is 11.1. The minimum Gasteiger partial charge on any atom is -0.328 e. The minimum absolute atomic E-state index is 0.904. The second-order valence-corrected chi connectivity index (χ2v) is 5.08. The van der Waals surface area contributed by atoms with Crippen LogP contribution in [0, 0.1) is 20.8 Å². The van der Waals surface area contributed by atoms with Gasteiger partial charge in [-0.15, -0.1) is 0 Å². The van der Waals surface area contributed by atoms with Crippen LogP contribution in [-0.4, -0.2) is 11.6 Å². The molecule has 2 aliphatic heterocycles. The van der Waals surface area contributed by atoms with Crippen molar-refractivity contribution >= 4 is 5.69 Å². The molecule has 2 heterocycles. The van der Waals surface area contributed by atoms with Gasteiger partial charge in [0.1, 0.15) is 0 Å². The van der Waals surface area contributed by atoms with Gasteiger partial charge < -0.3 is 9.80 Å². The van der Waals surface area contributed by atoms with Gasteiger partial charge in [-0.25, -0.2) is 0 Å². The quantitative estimate of drug-likeness (QED) is 0.737. The van der Waals surface area contributed by atoms with Crippen molar-refractivity contribution in [2.24, 2.45) is 0 Å². The molecule has 2 heteroatoms. The Kier molecular flexibility index (Phi) is 2.51. The Hall–Kier alpha value is -1.96. The van der Waals surface area contributed by atoms with Crippen LogP contribution in [0.4, 0.5) is 5.69 Å². The molecule has 0 saturated heterocycles. The summed E-state index contributed by atoms with van der Waals surface area (Å²) >= 11 is 0. The zero-order valence-electron chi connectivity index (χ0n) is 11.1. The molecule has 0 amide bonds.